The van der Waals surface area contributed by atoms with Crippen LogP contribution in [0.15, 0.2) is 91.0 Å². The van der Waals surface area contributed by atoms with Gasteiger partial charge in [-0.25, -0.2) is 4.79 Å². The molecule has 0 heterocycles. The van der Waals surface area contributed by atoms with Crippen LogP contribution in [0.3, 0.4) is 0 Å². The minimum absolute atomic E-state index is 0.0149. The van der Waals surface area contributed by atoms with E-state index in [1.807, 2.05) is 42.5 Å². The van der Waals surface area contributed by atoms with Crippen molar-refractivity contribution in [1.29, 1.82) is 0 Å². The number of aliphatic hydroxyl groups is 1. The van der Waals surface area contributed by atoms with Crippen molar-refractivity contribution in [1.82, 2.24) is 0 Å². The van der Waals surface area contributed by atoms with Crippen molar-refractivity contribution in [2.75, 3.05) is 34.4 Å². The van der Waals surface area contributed by atoms with Crippen molar-refractivity contribution in [3.63, 3.8) is 0 Å². The van der Waals surface area contributed by atoms with Crippen LogP contribution in [0.5, 0.6) is 0 Å². The van der Waals surface area contributed by atoms with Crippen LogP contribution in [-0.2, 0) is 28.1 Å². The van der Waals surface area contributed by atoms with Gasteiger partial charge in [-0.2, -0.15) is 0 Å². The number of rotatable bonds is 13. The average Bonchev–Trinajstić information content (AvgIpc) is 3.02. The molecule has 1 saturated carbocycles. The first-order valence-corrected chi connectivity index (χ1v) is 16.5. The van der Waals surface area contributed by atoms with Gasteiger partial charge in [-0.1, -0.05) is 99.6 Å². The van der Waals surface area contributed by atoms with Gasteiger partial charge in [0.25, 0.3) is 8.32 Å². The molecule has 0 amide bonds. The molecule has 3 aromatic rings. The number of carbonyl (C=O) groups excluding carboxylic acids is 1. The summed E-state index contributed by atoms with van der Waals surface area (Å²) in [5.41, 5.74) is 0.397. The molecule has 1 aliphatic carbocycles. The SMILES string of the molecule is COCO[C@H]1[C@@H](O)[C@H](OC(=O)c2ccccc2)[C@@H](CO[Si](c2ccccc2)(c2ccccc2)C(C)(C)C)C[C@H]1OCOC. The Morgan fingerprint density at radius 2 is 1.30 bits per heavy atom. The average molecular weight is 609 g/mol. The molecular weight excluding hydrogens is 564 g/mol. The molecule has 0 aliphatic heterocycles. The quantitative estimate of drug-likeness (QED) is 0.176. The normalized spacial score (nSPS) is 22.7. The second kappa shape index (κ2) is 15.2. The first-order chi connectivity index (χ1) is 20.7. The third kappa shape index (κ3) is 7.61. The van der Waals surface area contributed by atoms with Crippen molar-refractivity contribution >= 4 is 24.7 Å². The van der Waals surface area contributed by atoms with Crippen LogP contribution >= 0.6 is 0 Å². The minimum Gasteiger partial charge on any atom is -0.456 e. The lowest BCUT2D eigenvalue weighted by molar-refractivity contribution is -0.231. The van der Waals surface area contributed by atoms with Gasteiger partial charge in [0.15, 0.2) is 0 Å². The summed E-state index contributed by atoms with van der Waals surface area (Å²) < 4.78 is 35.5. The molecule has 1 aliphatic rings. The van der Waals surface area contributed by atoms with E-state index in [9.17, 15) is 9.90 Å². The Kier molecular flexibility index (Phi) is 11.7. The Labute approximate surface area is 256 Å². The molecule has 43 heavy (non-hydrogen) atoms. The monoisotopic (exact) mass is 608 g/mol. The highest BCUT2D eigenvalue weighted by atomic mass is 28.4. The standard InChI is InChI=1S/C34H44O8Si/c1-34(2,3)43(27-17-11-7-12-18-27,28-19-13-8-14-20-28)41-22-26-21-29(39-23-37-4)32(40-24-38-5)30(35)31(26)42-33(36)25-15-9-6-10-16-25/h6-20,26,29-32,35H,21-24H2,1-5H3/t26-,29-,30+,31-,32-/m1/s1. The Balaban J connectivity index is 1.73. The molecule has 0 saturated heterocycles. The fraction of sp³-hybridized carbons (Fsp3) is 0.441. The fourth-order valence-corrected chi connectivity index (χ4v) is 10.6. The first kappa shape index (κ1) is 33.0. The molecule has 0 aromatic heterocycles. The van der Waals surface area contributed by atoms with Crippen LogP contribution in [0.25, 0.3) is 0 Å². The maximum atomic E-state index is 13.3. The molecule has 9 heteroatoms. The summed E-state index contributed by atoms with van der Waals surface area (Å²) >= 11 is 0. The summed E-state index contributed by atoms with van der Waals surface area (Å²) in [7, 11) is 0.135. The largest absolute Gasteiger partial charge is 0.456 e. The molecule has 0 bridgehead atoms. The third-order valence-corrected chi connectivity index (χ3v) is 13.0. The molecular formula is C34H44O8Si. The smallest absolute Gasteiger partial charge is 0.338 e. The number of aliphatic hydroxyl groups excluding tert-OH is 1. The molecule has 3 aromatic carbocycles. The topological polar surface area (TPSA) is 92.7 Å². The Hall–Kier alpha value is -2.89. The van der Waals surface area contributed by atoms with Crippen molar-refractivity contribution < 1.29 is 38.0 Å². The van der Waals surface area contributed by atoms with E-state index in [-0.39, 0.29) is 25.2 Å². The zero-order chi connectivity index (χ0) is 30.9. The van der Waals surface area contributed by atoms with Gasteiger partial charge in [0.05, 0.1) is 11.7 Å². The van der Waals surface area contributed by atoms with E-state index < -0.39 is 44.6 Å². The van der Waals surface area contributed by atoms with E-state index in [4.69, 9.17) is 28.1 Å². The molecule has 1 fully saturated rings. The zero-order valence-corrected chi connectivity index (χ0v) is 26.7. The number of hydrogen-bond acceptors (Lipinski definition) is 8. The lowest BCUT2D eigenvalue weighted by atomic mass is 9.80. The Morgan fingerprint density at radius 1 is 0.791 bits per heavy atom. The molecule has 0 unspecified atom stereocenters. The molecule has 8 nitrogen and oxygen atoms in total. The molecule has 1 N–H and O–H groups in total. The van der Waals surface area contributed by atoms with E-state index in [2.05, 4.69) is 45.0 Å². The van der Waals surface area contributed by atoms with E-state index in [0.29, 0.717) is 12.0 Å². The zero-order valence-electron chi connectivity index (χ0n) is 25.7. The fourth-order valence-electron chi connectivity index (χ4n) is 6.01. The molecule has 232 valence electrons. The summed E-state index contributed by atoms with van der Waals surface area (Å²) in [6.07, 6.45) is -3.08. The third-order valence-electron chi connectivity index (χ3n) is 8.00. The summed E-state index contributed by atoms with van der Waals surface area (Å²) in [6, 6.07) is 29.4. The lowest BCUT2D eigenvalue weighted by Crippen LogP contribution is -2.67. The maximum Gasteiger partial charge on any atom is 0.338 e. The summed E-state index contributed by atoms with van der Waals surface area (Å²) in [5.74, 6) is -0.935. The van der Waals surface area contributed by atoms with Gasteiger partial charge in [0, 0.05) is 26.7 Å². The van der Waals surface area contributed by atoms with Crippen molar-refractivity contribution in [2.45, 2.75) is 56.6 Å². The highest BCUT2D eigenvalue weighted by molar-refractivity contribution is 6.99. The predicted molar refractivity (Wildman–Crippen MR) is 167 cm³/mol. The summed E-state index contributed by atoms with van der Waals surface area (Å²) in [6.45, 7) is 6.81. The Bertz CT molecular complexity index is 1210. The number of benzene rings is 3. The summed E-state index contributed by atoms with van der Waals surface area (Å²) in [4.78, 5) is 13.3. The second-order valence-electron chi connectivity index (χ2n) is 11.8. The lowest BCUT2D eigenvalue weighted by Gasteiger charge is -2.47. The van der Waals surface area contributed by atoms with Gasteiger partial charge in [0.2, 0.25) is 0 Å². The highest BCUT2D eigenvalue weighted by Crippen LogP contribution is 2.39. The van der Waals surface area contributed by atoms with E-state index in [0.717, 1.165) is 10.4 Å². The highest BCUT2D eigenvalue weighted by Gasteiger charge is 2.53. The van der Waals surface area contributed by atoms with Gasteiger partial charge in [-0.3, -0.25) is 0 Å². The van der Waals surface area contributed by atoms with Gasteiger partial charge < -0.3 is 33.2 Å². The van der Waals surface area contributed by atoms with Crippen LogP contribution in [0, 0.1) is 5.92 Å². The van der Waals surface area contributed by atoms with Gasteiger partial charge in [-0.05, 0) is 34.0 Å². The molecule has 5 atom stereocenters. The second-order valence-corrected chi connectivity index (χ2v) is 16.2. The van der Waals surface area contributed by atoms with Crippen LogP contribution in [-0.4, -0.2) is 78.2 Å². The Morgan fingerprint density at radius 3 is 1.81 bits per heavy atom. The van der Waals surface area contributed by atoms with Gasteiger partial charge in [0.1, 0.15) is 31.9 Å². The predicted octanol–water partition coefficient (Wildman–Crippen LogP) is 4.15. The summed E-state index contributed by atoms with van der Waals surface area (Å²) in [5, 5.41) is 13.7. The van der Waals surface area contributed by atoms with E-state index >= 15 is 0 Å². The van der Waals surface area contributed by atoms with E-state index in [1.165, 1.54) is 14.2 Å². The maximum absolute atomic E-state index is 13.3. The van der Waals surface area contributed by atoms with Crippen LogP contribution in [0.4, 0.5) is 0 Å². The number of esters is 1. The van der Waals surface area contributed by atoms with Gasteiger partial charge >= 0.3 is 5.97 Å². The van der Waals surface area contributed by atoms with Gasteiger partial charge in [-0.15, -0.1) is 0 Å². The number of methoxy groups -OCH3 is 2. The van der Waals surface area contributed by atoms with Crippen LogP contribution in [0.2, 0.25) is 5.04 Å². The number of hydrogen-bond donors (Lipinski definition) is 1. The van der Waals surface area contributed by atoms with Crippen molar-refractivity contribution in [3.05, 3.63) is 96.6 Å². The molecule has 0 radical (unpaired) electrons. The van der Waals surface area contributed by atoms with Crippen molar-refractivity contribution in [2.24, 2.45) is 5.92 Å². The molecule has 0 spiro atoms. The minimum atomic E-state index is -2.91. The van der Waals surface area contributed by atoms with Crippen LogP contribution in [0.1, 0.15) is 37.6 Å². The first-order valence-electron chi connectivity index (χ1n) is 14.6. The van der Waals surface area contributed by atoms with E-state index in [1.54, 1.807) is 24.3 Å². The van der Waals surface area contributed by atoms with Crippen molar-refractivity contribution in [3.8, 4) is 0 Å². The molecule has 4 rings (SSSR count). The number of ether oxygens (including phenoxy) is 5. The number of carbonyl (C=O) groups is 1. The van der Waals surface area contributed by atoms with Crippen LogP contribution < -0.4 is 10.4 Å².